The predicted molar refractivity (Wildman–Crippen MR) is 59.9 cm³/mol. The van der Waals surface area contributed by atoms with Crippen LogP contribution in [0.2, 0.25) is 0 Å². The summed E-state index contributed by atoms with van der Waals surface area (Å²) in [4.78, 5) is 0. The third-order valence-corrected chi connectivity index (χ3v) is 2.78. The topological polar surface area (TPSA) is 58.0 Å². The number of anilines is 1. The highest BCUT2D eigenvalue weighted by Crippen LogP contribution is 2.17. The van der Waals surface area contributed by atoms with Crippen molar-refractivity contribution in [2.24, 2.45) is 0 Å². The van der Waals surface area contributed by atoms with Crippen LogP contribution in [0.3, 0.4) is 0 Å². The minimum atomic E-state index is -0.111. The monoisotopic (exact) mass is 221 g/mol. The maximum atomic E-state index is 8.65. The fourth-order valence-electron chi connectivity index (χ4n) is 1.23. The van der Waals surface area contributed by atoms with E-state index in [1.165, 1.54) is 16.9 Å². The van der Waals surface area contributed by atoms with E-state index < -0.39 is 0 Å². The van der Waals surface area contributed by atoms with E-state index in [1.807, 2.05) is 18.2 Å². The molecular weight excluding hydrogens is 210 g/mol. The van der Waals surface area contributed by atoms with E-state index in [9.17, 15) is 0 Å². The molecule has 0 aliphatic carbocycles. The number of aromatic nitrogens is 2. The summed E-state index contributed by atoms with van der Waals surface area (Å²) in [6.07, 6.45) is 0.783. The molecule has 0 unspecified atom stereocenters. The lowest BCUT2D eigenvalue weighted by atomic mass is 10.2. The van der Waals surface area contributed by atoms with Crippen molar-refractivity contribution in [2.45, 2.75) is 6.42 Å². The van der Waals surface area contributed by atoms with E-state index in [2.05, 4.69) is 27.6 Å². The normalized spacial score (nSPS) is 10.2. The Hall–Kier alpha value is -1.46. The summed E-state index contributed by atoms with van der Waals surface area (Å²) in [6.45, 7) is -0.111. The highest BCUT2D eigenvalue weighted by molar-refractivity contribution is 7.15. The highest BCUT2D eigenvalue weighted by atomic mass is 32.1. The van der Waals surface area contributed by atoms with Crippen LogP contribution in [-0.2, 0) is 6.42 Å². The highest BCUT2D eigenvalue weighted by Gasteiger charge is 2.03. The maximum Gasteiger partial charge on any atom is 0.207 e. The average Bonchev–Trinajstić information content (AvgIpc) is 2.68. The van der Waals surface area contributed by atoms with Crippen LogP contribution in [0.5, 0.6) is 0 Å². The molecule has 2 rings (SSSR count). The quantitative estimate of drug-likeness (QED) is 0.768. The van der Waals surface area contributed by atoms with Gasteiger partial charge in [-0.25, -0.2) is 0 Å². The second kappa shape index (κ2) is 4.86. The van der Waals surface area contributed by atoms with Gasteiger partial charge in [-0.3, -0.25) is 0 Å². The molecule has 0 bridgehead atoms. The van der Waals surface area contributed by atoms with Crippen molar-refractivity contribution in [3.05, 3.63) is 40.9 Å². The van der Waals surface area contributed by atoms with Gasteiger partial charge in [-0.2, -0.15) is 0 Å². The molecule has 0 fully saturated rings. The zero-order valence-electron chi connectivity index (χ0n) is 8.05. The van der Waals surface area contributed by atoms with Crippen LogP contribution < -0.4 is 5.32 Å². The molecule has 0 aliphatic rings. The summed E-state index contributed by atoms with van der Waals surface area (Å²) in [5, 5.41) is 20.9. The molecule has 5 heteroatoms. The number of rotatable bonds is 4. The second-order valence-electron chi connectivity index (χ2n) is 3.00. The molecular formula is C10H11N3OS. The number of hydrogen-bond donors (Lipinski definition) is 2. The number of aliphatic hydroxyl groups is 1. The van der Waals surface area contributed by atoms with Gasteiger partial charge < -0.3 is 10.4 Å². The number of aliphatic hydroxyl groups excluding tert-OH is 1. The molecule has 0 spiro atoms. The van der Waals surface area contributed by atoms with E-state index in [1.54, 1.807) is 0 Å². The summed E-state index contributed by atoms with van der Waals surface area (Å²) < 4.78 is 0. The van der Waals surface area contributed by atoms with Gasteiger partial charge in [-0.15, -0.1) is 10.2 Å². The number of hydrogen-bond acceptors (Lipinski definition) is 5. The molecule has 0 amide bonds. The molecule has 0 saturated heterocycles. The van der Waals surface area contributed by atoms with Crippen LogP contribution >= 0.6 is 11.3 Å². The van der Waals surface area contributed by atoms with Crippen molar-refractivity contribution in [1.82, 2.24) is 10.2 Å². The molecule has 0 aliphatic heterocycles. The molecule has 0 radical (unpaired) electrons. The van der Waals surface area contributed by atoms with E-state index >= 15 is 0 Å². The Morgan fingerprint density at radius 2 is 2.00 bits per heavy atom. The number of nitrogens with zero attached hydrogens (tertiary/aromatic N) is 2. The molecule has 15 heavy (non-hydrogen) atoms. The maximum absolute atomic E-state index is 8.65. The fraction of sp³-hybridized carbons (Fsp3) is 0.200. The first-order chi connectivity index (χ1) is 7.38. The van der Waals surface area contributed by atoms with Gasteiger partial charge >= 0.3 is 0 Å². The Balaban J connectivity index is 2.05. The van der Waals surface area contributed by atoms with Gasteiger partial charge in [-0.1, -0.05) is 41.7 Å². The molecule has 1 aromatic carbocycles. The van der Waals surface area contributed by atoms with Crippen molar-refractivity contribution in [2.75, 3.05) is 12.0 Å². The first-order valence-electron chi connectivity index (χ1n) is 4.59. The lowest BCUT2D eigenvalue weighted by Crippen LogP contribution is -1.97. The third-order valence-electron chi connectivity index (χ3n) is 1.90. The van der Waals surface area contributed by atoms with Gasteiger partial charge in [0.25, 0.3) is 0 Å². The Kier molecular flexibility index (Phi) is 3.26. The second-order valence-corrected chi connectivity index (χ2v) is 4.06. The minimum absolute atomic E-state index is 0.111. The molecule has 2 N–H and O–H groups in total. The van der Waals surface area contributed by atoms with Gasteiger partial charge in [0.2, 0.25) is 5.13 Å². The van der Waals surface area contributed by atoms with Crippen LogP contribution in [0.4, 0.5) is 5.13 Å². The largest absolute Gasteiger partial charge is 0.377 e. The standard InChI is InChI=1S/C10H11N3OS/c14-7-11-10-13-12-9(15-10)6-8-4-2-1-3-5-8/h1-5,14H,6-7H2,(H,11,13). The zero-order valence-corrected chi connectivity index (χ0v) is 8.87. The lowest BCUT2D eigenvalue weighted by molar-refractivity contribution is 0.325. The molecule has 2 aromatic rings. The van der Waals surface area contributed by atoms with Crippen LogP contribution in [0.25, 0.3) is 0 Å². The van der Waals surface area contributed by atoms with Gasteiger partial charge in [-0.05, 0) is 5.56 Å². The molecule has 78 valence electrons. The van der Waals surface area contributed by atoms with Gasteiger partial charge in [0, 0.05) is 6.42 Å². The lowest BCUT2D eigenvalue weighted by Gasteiger charge is -1.95. The summed E-state index contributed by atoms with van der Waals surface area (Å²) in [6, 6.07) is 10.1. The Morgan fingerprint density at radius 1 is 1.20 bits per heavy atom. The van der Waals surface area contributed by atoms with E-state index in [0.717, 1.165) is 11.4 Å². The van der Waals surface area contributed by atoms with Gasteiger partial charge in [0.15, 0.2) is 0 Å². The fourth-order valence-corrected chi connectivity index (χ4v) is 2.00. The molecule has 0 atom stereocenters. The van der Waals surface area contributed by atoms with E-state index in [0.29, 0.717) is 5.13 Å². The van der Waals surface area contributed by atoms with Crippen molar-refractivity contribution >= 4 is 16.5 Å². The molecule has 0 saturated carbocycles. The summed E-state index contributed by atoms with van der Waals surface area (Å²) in [5.41, 5.74) is 1.21. The summed E-state index contributed by atoms with van der Waals surface area (Å²) in [7, 11) is 0. The van der Waals surface area contributed by atoms with Crippen LogP contribution in [0.1, 0.15) is 10.6 Å². The molecule has 4 nitrogen and oxygen atoms in total. The number of benzene rings is 1. The van der Waals surface area contributed by atoms with Crippen molar-refractivity contribution in [1.29, 1.82) is 0 Å². The van der Waals surface area contributed by atoms with Crippen LogP contribution in [0, 0.1) is 0 Å². The molecule has 1 aromatic heterocycles. The van der Waals surface area contributed by atoms with Crippen molar-refractivity contribution < 1.29 is 5.11 Å². The van der Waals surface area contributed by atoms with Crippen LogP contribution in [-0.4, -0.2) is 22.0 Å². The van der Waals surface area contributed by atoms with Gasteiger partial charge in [0.05, 0.1) is 0 Å². The first-order valence-corrected chi connectivity index (χ1v) is 5.41. The SMILES string of the molecule is OCNc1nnc(Cc2ccccc2)s1. The third kappa shape index (κ3) is 2.74. The average molecular weight is 221 g/mol. The van der Waals surface area contributed by atoms with Gasteiger partial charge in [0.1, 0.15) is 11.7 Å². The van der Waals surface area contributed by atoms with Crippen molar-refractivity contribution in [3.8, 4) is 0 Å². The number of nitrogens with one attached hydrogen (secondary N) is 1. The zero-order chi connectivity index (χ0) is 10.5. The Bertz CT molecular complexity index is 416. The first kappa shape index (κ1) is 10.1. The molecule has 1 heterocycles. The van der Waals surface area contributed by atoms with E-state index in [-0.39, 0.29) is 6.73 Å². The summed E-state index contributed by atoms with van der Waals surface area (Å²) in [5.74, 6) is 0. The van der Waals surface area contributed by atoms with Crippen LogP contribution in [0.15, 0.2) is 30.3 Å². The van der Waals surface area contributed by atoms with E-state index in [4.69, 9.17) is 5.11 Å². The predicted octanol–water partition coefficient (Wildman–Crippen LogP) is 1.49. The summed E-state index contributed by atoms with van der Waals surface area (Å²) >= 11 is 1.46. The Morgan fingerprint density at radius 3 is 2.73 bits per heavy atom. The minimum Gasteiger partial charge on any atom is -0.377 e. The smallest absolute Gasteiger partial charge is 0.207 e. The Labute approximate surface area is 91.6 Å². The van der Waals surface area contributed by atoms with Crippen molar-refractivity contribution in [3.63, 3.8) is 0 Å².